The number of aryl methyl sites for hydroxylation is 2. The minimum absolute atomic E-state index is 0.0539. The highest BCUT2D eigenvalue weighted by Gasteiger charge is 2.27. The summed E-state index contributed by atoms with van der Waals surface area (Å²) in [5, 5.41) is 20.6. The first-order valence-corrected chi connectivity index (χ1v) is 11.4. The minimum atomic E-state index is -0.734. The van der Waals surface area contributed by atoms with Gasteiger partial charge in [0.05, 0.1) is 28.7 Å². The van der Waals surface area contributed by atoms with E-state index in [2.05, 4.69) is 16.7 Å². The van der Waals surface area contributed by atoms with Crippen LogP contribution in [-0.4, -0.2) is 21.7 Å². The maximum Gasteiger partial charge on any atom is 0.306 e. The number of nitriles is 1. The molecule has 0 spiro atoms. The summed E-state index contributed by atoms with van der Waals surface area (Å²) in [4.78, 5) is 11.2. The van der Waals surface area contributed by atoms with Gasteiger partial charge in [-0.1, -0.05) is 23.2 Å². The summed E-state index contributed by atoms with van der Waals surface area (Å²) in [5.74, 6) is -0.448. The Bertz CT molecular complexity index is 1230. The molecule has 1 aliphatic carbocycles. The van der Waals surface area contributed by atoms with Crippen LogP contribution in [0.5, 0.6) is 5.75 Å². The molecule has 0 bridgehead atoms. The Labute approximate surface area is 197 Å². The first-order chi connectivity index (χ1) is 15.3. The van der Waals surface area contributed by atoms with Gasteiger partial charge < -0.3 is 14.4 Å². The second-order valence-corrected chi connectivity index (χ2v) is 9.26. The topological polar surface area (TPSA) is 75.2 Å². The average Bonchev–Trinajstić information content (AvgIpc) is 3.09. The van der Waals surface area contributed by atoms with E-state index in [0.717, 1.165) is 27.7 Å². The largest absolute Gasteiger partial charge is 0.489 e. The second-order valence-electron chi connectivity index (χ2n) is 8.48. The van der Waals surface area contributed by atoms with E-state index in [1.807, 2.05) is 26.1 Å². The Balaban J connectivity index is 1.60. The summed E-state index contributed by atoms with van der Waals surface area (Å²) in [5.41, 5.74) is 4.49. The van der Waals surface area contributed by atoms with Crippen LogP contribution in [0.15, 0.2) is 30.3 Å². The van der Waals surface area contributed by atoms with Gasteiger partial charge in [-0.25, -0.2) is 0 Å². The lowest BCUT2D eigenvalue weighted by atomic mass is 9.87. The highest BCUT2D eigenvalue weighted by molar-refractivity contribution is 6.37. The molecule has 1 fully saturated rings. The molecule has 0 unspecified atom stereocenters. The summed E-state index contributed by atoms with van der Waals surface area (Å²) >= 11 is 13.3. The third-order valence-electron chi connectivity index (χ3n) is 6.42. The molecule has 32 heavy (non-hydrogen) atoms. The molecule has 1 saturated carbocycles. The molecule has 0 amide bonds. The van der Waals surface area contributed by atoms with Gasteiger partial charge >= 0.3 is 5.97 Å². The number of ether oxygens (including phenoxy) is 1. The first-order valence-electron chi connectivity index (χ1n) is 10.6. The van der Waals surface area contributed by atoms with Gasteiger partial charge in [-0.15, -0.1) is 0 Å². The number of aliphatic carboxylic acids is 1. The van der Waals surface area contributed by atoms with E-state index in [1.165, 1.54) is 0 Å². The fraction of sp³-hybridized carbons (Fsp3) is 0.360. The third kappa shape index (κ3) is 4.30. The Kier molecular flexibility index (Phi) is 6.37. The molecule has 7 heteroatoms. The van der Waals surface area contributed by atoms with Crippen LogP contribution in [0.1, 0.15) is 48.1 Å². The summed E-state index contributed by atoms with van der Waals surface area (Å²) in [6.07, 6.45) is 3.06. The molecule has 0 radical (unpaired) electrons. The van der Waals surface area contributed by atoms with Crippen molar-refractivity contribution in [2.45, 2.75) is 45.1 Å². The first kappa shape index (κ1) is 22.5. The number of benzene rings is 2. The lowest BCUT2D eigenvalue weighted by molar-refractivity contribution is -0.143. The van der Waals surface area contributed by atoms with E-state index in [0.29, 0.717) is 53.5 Å². The molecule has 0 atom stereocenters. The van der Waals surface area contributed by atoms with Crippen LogP contribution >= 0.6 is 23.2 Å². The Morgan fingerprint density at radius 1 is 1.22 bits per heavy atom. The Morgan fingerprint density at radius 3 is 2.59 bits per heavy atom. The highest BCUT2D eigenvalue weighted by Crippen LogP contribution is 2.38. The Hall–Kier alpha value is -2.68. The number of fused-ring (bicyclic) bond motifs is 1. The van der Waals surface area contributed by atoms with Crippen LogP contribution in [0, 0.1) is 24.2 Å². The third-order valence-corrected chi connectivity index (χ3v) is 7.19. The van der Waals surface area contributed by atoms with Gasteiger partial charge in [0.2, 0.25) is 0 Å². The Morgan fingerprint density at radius 2 is 1.94 bits per heavy atom. The summed E-state index contributed by atoms with van der Waals surface area (Å²) in [6.45, 7) is 2.00. The monoisotopic (exact) mass is 470 g/mol. The summed E-state index contributed by atoms with van der Waals surface area (Å²) in [6, 6.07) is 11.7. The van der Waals surface area contributed by atoms with Crippen molar-refractivity contribution in [3.05, 3.63) is 62.8 Å². The second kappa shape index (κ2) is 9.05. The van der Waals surface area contributed by atoms with Gasteiger partial charge in [0, 0.05) is 35.1 Å². The smallest absolute Gasteiger partial charge is 0.306 e. The van der Waals surface area contributed by atoms with Gasteiger partial charge in [-0.2, -0.15) is 5.26 Å². The normalized spacial score (nSPS) is 18.5. The number of carboxylic acid groups (broad SMARTS) is 1. The number of halogens is 2. The zero-order chi connectivity index (χ0) is 23.0. The van der Waals surface area contributed by atoms with E-state index < -0.39 is 5.97 Å². The molecule has 0 aliphatic heterocycles. The van der Waals surface area contributed by atoms with Gasteiger partial charge in [0.25, 0.3) is 0 Å². The van der Waals surface area contributed by atoms with Crippen molar-refractivity contribution >= 4 is 40.1 Å². The molecule has 1 N–H and O–H groups in total. The van der Waals surface area contributed by atoms with Crippen LogP contribution < -0.4 is 4.74 Å². The summed E-state index contributed by atoms with van der Waals surface area (Å²) < 4.78 is 8.23. The molecule has 3 aromatic rings. The van der Waals surface area contributed by atoms with Crippen molar-refractivity contribution in [2.75, 3.05) is 0 Å². The molecule has 1 aromatic heterocycles. The number of hydrogen-bond acceptors (Lipinski definition) is 3. The molecule has 166 valence electrons. The van der Waals surface area contributed by atoms with Crippen LogP contribution in [0.25, 0.3) is 10.9 Å². The lowest BCUT2D eigenvalue weighted by Gasteiger charge is -2.27. The zero-order valence-electron chi connectivity index (χ0n) is 18.0. The molecule has 1 aliphatic rings. The molecular weight excluding hydrogens is 447 g/mol. The number of aromatic nitrogens is 1. The van der Waals surface area contributed by atoms with Gasteiger partial charge in [-0.05, 0) is 74.1 Å². The lowest BCUT2D eigenvalue weighted by Crippen LogP contribution is -2.27. The zero-order valence-corrected chi connectivity index (χ0v) is 19.5. The number of rotatable bonds is 5. The average molecular weight is 471 g/mol. The quantitative estimate of drug-likeness (QED) is 0.475. The predicted molar refractivity (Wildman–Crippen MR) is 126 cm³/mol. The molecule has 2 aromatic carbocycles. The van der Waals surface area contributed by atoms with Crippen molar-refractivity contribution in [1.29, 1.82) is 5.26 Å². The van der Waals surface area contributed by atoms with Crippen molar-refractivity contribution in [1.82, 2.24) is 4.57 Å². The molecule has 4 rings (SSSR count). The molecule has 1 heterocycles. The van der Waals surface area contributed by atoms with Crippen molar-refractivity contribution < 1.29 is 14.6 Å². The van der Waals surface area contributed by atoms with E-state index >= 15 is 0 Å². The van der Waals surface area contributed by atoms with Gasteiger partial charge in [0.15, 0.2) is 0 Å². The number of nitrogens with zero attached hydrogens (tertiary/aromatic N) is 2. The molecule has 0 saturated heterocycles. The fourth-order valence-electron chi connectivity index (χ4n) is 4.51. The SMILES string of the molecule is Cc1cc(C#N)cc2c1cc(Cc1c(Cl)ccc(OC3CCC(C(=O)O)CC3)c1Cl)n2C. The van der Waals surface area contributed by atoms with E-state index in [-0.39, 0.29) is 12.0 Å². The maximum atomic E-state index is 11.2. The van der Waals surface area contributed by atoms with Crippen molar-refractivity contribution in [3.8, 4) is 11.8 Å². The predicted octanol–water partition coefficient (Wildman–Crippen LogP) is 6.28. The minimum Gasteiger partial charge on any atom is -0.489 e. The van der Waals surface area contributed by atoms with Crippen molar-refractivity contribution in [2.24, 2.45) is 13.0 Å². The van der Waals surface area contributed by atoms with E-state index in [1.54, 1.807) is 12.1 Å². The number of hydrogen-bond donors (Lipinski definition) is 1. The summed E-state index contributed by atoms with van der Waals surface area (Å²) in [7, 11) is 1.97. The van der Waals surface area contributed by atoms with Gasteiger partial charge in [0.1, 0.15) is 5.75 Å². The molecular formula is C25H24Cl2N2O3. The van der Waals surface area contributed by atoms with Gasteiger partial charge in [-0.3, -0.25) is 4.79 Å². The van der Waals surface area contributed by atoms with Crippen molar-refractivity contribution in [3.63, 3.8) is 0 Å². The van der Waals surface area contributed by atoms with E-state index in [4.69, 9.17) is 27.9 Å². The standard InChI is InChI=1S/C25H24Cl2N2O3/c1-14-9-15(13-28)10-22-19(14)11-17(29(22)2)12-20-21(26)7-8-23(24(20)27)32-18-5-3-16(4-6-18)25(30)31/h7-11,16,18H,3-6,12H2,1-2H3,(H,30,31). The van der Waals surface area contributed by atoms with Crippen LogP contribution in [0.4, 0.5) is 0 Å². The highest BCUT2D eigenvalue weighted by atomic mass is 35.5. The number of carbonyl (C=O) groups is 1. The number of carboxylic acids is 1. The fourth-order valence-corrected chi connectivity index (χ4v) is 5.06. The van der Waals surface area contributed by atoms with Crippen LogP contribution in [0.2, 0.25) is 10.0 Å². The van der Waals surface area contributed by atoms with E-state index in [9.17, 15) is 15.2 Å². The molecule has 5 nitrogen and oxygen atoms in total. The maximum absolute atomic E-state index is 11.2. The van der Waals surface area contributed by atoms with Crippen LogP contribution in [0.3, 0.4) is 0 Å². The van der Waals surface area contributed by atoms with Crippen LogP contribution in [-0.2, 0) is 18.3 Å².